The van der Waals surface area contributed by atoms with Crippen LogP contribution in [0.2, 0.25) is 0 Å². The number of nitrogens with two attached hydrogens (primary N) is 1. The Bertz CT molecular complexity index is 974. The number of amides is 1. The number of hydrogen-bond donors (Lipinski definition) is 1. The van der Waals surface area contributed by atoms with Crippen LogP contribution >= 0.6 is 0 Å². The Kier molecular flexibility index (Phi) is 19.3. The van der Waals surface area contributed by atoms with Crippen LogP contribution in [0.15, 0.2) is 42.6 Å². The number of hydrogen-bond acceptors (Lipinski definition) is 9. The van der Waals surface area contributed by atoms with Gasteiger partial charge in [-0.05, 0) is 26.2 Å². The molecule has 0 aliphatic rings. The molecular weight excluding hydrogens is 504 g/mol. The lowest BCUT2D eigenvalue weighted by Gasteiger charge is -2.13. The summed E-state index contributed by atoms with van der Waals surface area (Å²) >= 11 is 0. The molecule has 0 fully saturated rings. The molecule has 0 aliphatic heterocycles. The second-order valence-electron chi connectivity index (χ2n) is 8.85. The average Bonchev–Trinajstić information content (AvgIpc) is 2.89. The maximum absolute atomic E-state index is 11.1. The van der Waals surface area contributed by atoms with Gasteiger partial charge in [-0.15, -0.1) is 0 Å². The van der Waals surface area contributed by atoms with Crippen LogP contribution in [0.3, 0.4) is 0 Å². The van der Waals surface area contributed by atoms with Crippen molar-refractivity contribution in [3.8, 4) is 11.5 Å². The van der Waals surface area contributed by atoms with Crippen molar-refractivity contribution in [2.24, 2.45) is 11.7 Å². The van der Waals surface area contributed by atoms with Crippen molar-refractivity contribution >= 4 is 17.8 Å². The van der Waals surface area contributed by atoms with Crippen molar-refractivity contribution in [2.75, 3.05) is 27.1 Å². The molecule has 0 bridgehead atoms. The van der Waals surface area contributed by atoms with Gasteiger partial charge in [0, 0.05) is 40.1 Å². The molecule has 0 aliphatic carbocycles. The standard InChI is InChI=1S/C12H24O3.C10H12N2O5.C7H8.H2/c1-5-12(13)15-11(4)7-9-14-8-6-10(2)3;1-6(13)16-5-17-9-7(15-2)3-4-12-8(9)10(11)14;1-7-5-3-2-4-6-7;/h10-11H,5-9H2,1-4H3;3-4H,5H2,1-2H3,(H2,11,14);2-6H,1H3;1H/t11-;;;/m0.../s1. The number of ether oxygens (including phenoxy) is 5. The van der Waals surface area contributed by atoms with Crippen LogP contribution in [0.25, 0.3) is 0 Å². The normalized spacial score (nSPS) is 10.7. The number of primary amides is 1. The van der Waals surface area contributed by atoms with Crippen molar-refractivity contribution in [1.82, 2.24) is 4.98 Å². The summed E-state index contributed by atoms with van der Waals surface area (Å²) in [6, 6.07) is 11.8. The number of esters is 2. The molecule has 39 heavy (non-hydrogen) atoms. The summed E-state index contributed by atoms with van der Waals surface area (Å²) in [6.07, 6.45) is 3.64. The number of nitrogens with zero attached hydrogens (tertiary/aromatic N) is 1. The summed E-state index contributed by atoms with van der Waals surface area (Å²) < 4.78 is 25.2. The van der Waals surface area contributed by atoms with Crippen molar-refractivity contribution in [3.05, 3.63) is 53.9 Å². The summed E-state index contributed by atoms with van der Waals surface area (Å²) in [7, 11) is 1.40. The Balaban J connectivity index is 0. The third-order valence-corrected chi connectivity index (χ3v) is 4.86. The molecule has 0 saturated heterocycles. The number of pyridine rings is 1. The van der Waals surface area contributed by atoms with E-state index in [0.717, 1.165) is 19.4 Å². The Labute approximate surface area is 233 Å². The molecule has 0 unspecified atom stereocenters. The first-order chi connectivity index (χ1) is 18.5. The molecule has 2 N–H and O–H groups in total. The topological polar surface area (TPSA) is 136 Å². The predicted molar refractivity (Wildman–Crippen MR) is 151 cm³/mol. The largest absolute Gasteiger partial charge is 0.493 e. The number of rotatable bonds is 13. The summed E-state index contributed by atoms with van der Waals surface area (Å²) in [5.74, 6) is -0.398. The third-order valence-electron chi connectivity index (χ3n) is 4.86. The number of carbonyl (C=O) groups is 3. The van der Waals surface area contributed by atoms with Gasteiger partial charge in [-0.2, -0.15) is 0 Å². The molecule has 0 spiro atoms. The lowest BCUT2D eigenvalue weighted by atomic mass is 10.1. The predicted octanol–water partition coefficient (Wildman–Crippen LogP) is 5.11. The minimum absolute atomic E-state index is 0. The Morgan fingerprint density at radius 1 is 1.03 bits per heavy atom. The molecule has 1 heterocycles. The van der Waals surface area contributed by atoms with Crippen molar-refractivity contribution in [1.29, 1.82) is 0 Å². The summed E-state index contributed by atoms with van der Waals surface area (Å²) in [6.45, 7) is 12.5. The first kappa shape index (κ1) is 35.3. The van der Waals surface area contributed by atoms with Crippen LogP contribution < -0.4 is 15.2 Å². The van der Waals surface area contributed by atoms with E-state index >= 15 is 0 Å². The summed E-state index contributed by atoms with van der Waals surface area (Å²) in [5, 5.41) is 0. The highest BCUT2D eigenvalue weighted by Crippen LogP contribution is 2.29. The number of carbonyl (C=O) groups excluding carboxylic acids is 3. The number of benzene rings is 1. The van der Waals surface area contributed by atoms with Crippen LogP contribution in [0, 0.1) is 12.8 Å². The van der Waals surface area contributed by atoms with Gasteiger partial charge in [0.1, 0.15) is 6.10 Å². The van der Waals surface area contributed by atoms with E-state index in [9.17, 15) is 14.4 Å². The second kappa shape index (κ2) is 21.3. The maximum atomic E-state index is 11.1. The fraction of sp³-hybridized carbons (Fsp3) is 0.517. The molecule has 2 aromatic rings. The van der Waals surface area contributed by atoms with E-state index < -0.39 is 11.9 Å². The van der Waals surface area contributed by atoms with Gasteiger partial charge in [0.2, 0.25) is 6.79 Å². The van der Waals surface area contributed by atoms with Crippen LogP contribution in [0.4, 0.5) is 0 Å². The van der Waals surface area contributed by atoms with Gasteiger partial charge < -0.3 is 29.4 Å². The van der Waals surface area contributed by atoms with E-state index in [1.165, 1.54) is 31.9 Å². The second-order valence-corrected chi connectivity index (χ2v) is 8.85. The van der Waals surface area contributed by atoms with Gasteiger partial charge in [-0.3, -0.25) is 14.4 Å². The van der Waals surface area contributed by atoms with Gasteiger partial charge in [0.15, 0.2) is 17.2 Å². The highest BCUT2D eigenvalue weighted by atomic mass is 16.7. The molecule has 2 rings (SSSR count). The molecule has 1 amide bonds. The molecule has 0 saturated carbocycles. The van der Waals surface area contributed by atoms with Gasteiger partial charge >= 0.3 is 11.9 Å². The van der Waals surface area contributed by atoms with Crippen molar-refractivity contribution in [3.63, 3.8) is 0 Å². The molecule has 1 aromatic carbocycles. The van der Waals surface area contributed by atoms with Gasteiger partial charge in [-0.25, -0.2) is 4.98 Å². The smallest absolute Gasteiger partial charge is 0.305 e. The minimum atomic E-state index is -0.762. The molecular formula is C29H46N2O8. The Hall–Kier alpha value is -3.66. The monoisotopic (exact) mass is 550 g/mol. The maximum Gasteiger partial charge on any atom is 0.305 e. The highest BCUT2D eigenvalue weighted by molar-refractivity contribution is 5.94. The molecule has 1 atom stereocenters. The van der Waals surface area contributed by atoms with Crippen molar-refractivity contribution in [2.45, 2.75) is 66.9 Å². The molecule has 1 aromatic heterocycles. The number of aryl methyl sites for hydroxylation is 1. The highest BCUT2D eigenvalue weighted by Gasteiger charge is 2.16. The summed E-state index contributed by atoms with van der Waals surface area (Å²) in [5.41, 5.74) is 6.36. The molecule has 10 heteroatoms. The van der Waals surface area contributed by atoms with Gasteiger partial charge in [0.05, 0.1) is 13.7 Å². The Morgan fingerprint density at radius 2 is 1.67 bits per heavy atom. The van der Waals surface area contributed by atoms with E-state index in [0.29, 0.717) is 18.9 Å². The number of aromatic nitrogens is 1. The summed E-state index contributed by atoms with van der Waals surface area (Å²) in [4.78, 5) is 36.4. The molecule has 10 nitrogen and oxygen atoms in total. The van der Waals surface area contributed by atoms with Gasteiger partial charge in [0.25, 0.3) is 5.91 Å². The van der Waals surface area contributed by atoms with Crippen molar-refractivity contribution < 1.29 is 39.5 Å². The fourth-order valence-electron chi connectivity index (χ4n) is 2.65. The fourth-order valence-corrected chi connectivity index (χ4v) is 2.65. The van der Waals surface area contributed by atoms with Gasteiger partial charge in [-0.1, -0.05) is 56.7 Å². The molecule has 220 valence electrons. The van der Waals surface area contributed by atoms with E-state index in [4.69, 9.17) is 24.7 Å². The first-order valence-corrected chi connectivity index (χ1v) is 12.9. The lowest BCUT2D eigenvalue weighted by molar-refractivity contribution is -0.149. The van der Waals surface area contributed by atoms with E-state index in [1.54, 1.807) is 6.92 Å². The minimum Gasteiger partial charge on any atom is -0.493 e. The van der Waals surface area contributed by atoms with E-state index in [2.05, 4.69) is 42.6 Å². The first-order valence-electron chi connectivity index (χ1n) is 12.9. The van der Waals surface area contributed by atoms with E-state index in [1.807, 2.05) is 25.1 Å². The SMILES string of the molecule is CCC(=O)O[C@@H](C)CCOCCC(C)C.COc1ccnc(C(N)=O)c1OCOC(C)=O.Cc1ccccc1.[HH]. The van der Waals surface area contributed by atoms with Crippen LogP contribution in [-0.4, -0.2) is 56.1 Å². The zero-order chi connectivity index (χ0) is 29.6. The van der Waals surface area contributed by atoms with E-state index in [-0.39, 0.29) is 37.5 Å². The van der Waals surface area contributed by atoms with Crippen LogP contribution in [0.1, 0.15) is 71.4 Å². The quantitative estimate of drug-likeness (QED) is 0.205. The lowest BCUT2D eigenvalue weighted by Crippen LogP contribution is -2.17. The zero-order valence-electron chi connectivity index (χ0n) is 24.2. The number of methoxy groups -OCH3 is 1. The van der Waals surface area contributed by atoms with Crippen LogP contribution in [0.5, 0.6) is 11.5 Å². The molecule has 0 radical (unpaired) electrons. The zero-order valence-corrected chi connectivity index (χ0v) is 24.2. The average molecular weight is 551 g/mol. The van der Waals surface area contributed by atoms with Crippen LogP contribution in [-0.2, 0) is 23.8 Å². The Morgan fingerprint density at radius 3 is 2.15 bits per heavy atom. The third kappa shape index (κ3) is 18.3.